The van der Waals surface area contributed by atoms with Gasteiger partial charge in [0.1, 0.15) is 5.76 Å². The van der Waals surface area contributed by atoms with Crippen LogP contribution in [0.15, 0.2) is 90.7 Å². The number of allylic oxidation sites excluding steroid dienone is 3. The van der Waals surface area contributed by atoms with Crippen molar-refractivity contribution >= 4 is 5.57 Å². The summed E-state index contributed by atoms with van der Waals surface area (Å²) in [7, 11) is 0. The summed E-state index contributed by atoms with van der Waals surface area (Å²) >= 11 is 0. The maximum atomic E-state index is 11.2. The third kappa shape index (κ3) is 4.17. The molecule has 1 aliphatic carbocycles. The van der Waals surface area contributed by atoms with Crippen molar-refractivity contribution in [3.63, 3.8) is 0 Å². The first-order valence-electron chi connectivity index (χ1n) is 11.5. The molecule has 4 rings (SSSR count). The molecule has 1 aliphatic rings. The topological polar surface area (TPSA) is 20.2 Å². The first-order chi connectivity index (χ1) is 15.1. The highest BCUT2D eigenvalue weighted by Gasteiger charge is 2.42. The zero-order valence-electron chi connectivity index (χ0n) is 20.0. The summed E-state index contributed by atoms with van der Waals surface area (Å²) < 4.78 is 0. The van der Waals surface area contributed by atoms with Gasteiger partial charge in [0, 0.05) is 11.0 Å². The SMILES string of the molecule is C=C1C(c2cc(-c3ccc(Cc4ccccc4)cc3)ccc2C)=C(O)C(C)(C)CC1(C)C. The minimum absolute atomic E-state index is 0.0629. The molecule has 1 nitrogen and oxygen atoms in total. The maximum absolute atomic E-state index is 11.2. The lowest BCUT2D eigenvalue weighted by Crippen LogP contribution is -2.32. The zero-order chi connectivity index (χ0) is 23.1. The van der Waals surface area contributed by atoms with Crippen LogP contribution in [0.4, 0.5) is 0 Å². The van der Waals surface area contributed by atoms with Crippen LogP contribution in [0.25, 0.3) is 16.7 Å². The van der Waals surface area contributed by atoms with E-state index >= 15 is 0 Å². The summed E-state index contributed by atoms with van der Waals surface area (Å²) in [6.45, 7) is 15.2. The van der Waals surface area contributed by atoms with Crippen LogP contribution in [0.2, 0.25) is 0 Å². The highest BCUT2D eigenvalue weighted by molar-refractivity contribution is 5.86. The van der Waals surface area contributed by atoms with Gasteiger partial charge in [0.05, 0.1) is 0 Å². The fraction of sp³-hybridized carbons (Fsp3) is 0.290. The monoisotopic (exact) mass is 422 g/mol. The third-order valence-electron chi connectivity index (χ3n) is 6.93. The summed E-state index contributed by atoms with van der Waals surface area (Å²) in [5.41, 5.74) is 8.81. The van der Waals surface area contributed by atoms with Crippen molar-refractivity contribution < 1.29 is 5.11 Å². The van der Waals surface area contributed by atoms with Gasteiger partial charge >= 0.3 is 0 Å². The summed E-state index contributed by atoms with van der Waals surface area (Å²) in [6.07, 6.45) is 1.82. The van der Waals surface area contributed by atoms with E-state index in [1.54, 1.807) is 0 Å². The molecule has 0 unspecified atom stereocenters. The molecule has 0 saturated heterocycles. The number of hydrogen-bond donors (Lipinski definition) is 1. The minimum Gasteiger partial charge on any atom is -0.511 e. The molecule has 0 saturated carbocycles. The molecule has 0 fully saturated rings. The van der Waals surface area contributed by atoms with Gasteiger partial charge in [-0.15, -0.1) is 0 Å². The van der Waals surface area contributed by atoms with E-state index in [0.29, 0.717) is 5.76 Å². The lowest BCUT2D eigenvalue weighted by molar-refractivity contribution is 0.179. The molecular formula is C31H34O. The van der Waals surface area contributed by atoms with E-state index in [0.717, 1.165) is 40.7 Å². The Kier molecular flexibility index (Phi) is 5.63. The normalized spacial score (nSPS) is 17.5. The first-order valence-corrected chi connectivity index (χ1v) is 11.5. The molecule has 0 amide bonds. The molecule has 1 N–H and O–H groups in total. The van der Waals surface area contributed by atoms with Gasteiger partial charge in [-0.25, -0.2) is 0 Å². The van der Waals surface area contributed by atoms with E-state index in [9.17, 15) is 5.11 Å². The number of aryl methyl sites for hydroxylation is 1. The lowest BCUT2D eigenvalue weighted by Gasteiger charge is -2.43. The molecule has 3 aromatic rings. The van der Waals surface area contributed by atoms with Crippen molar-refractivity contribution in [1.82, 2.24) is 0 Å². The molecule has 0 aliphatic heterocycles. The molecule has 1 heteroatoms. The van der Waals surface area contributed by atoms with Crippen molar-refractivity contribution in [2.75, 3.05) is 0 Å². The standard InChI is InChI=1S/C31H34O/c1-21-12-15-26(25-16-13-24(14-17-25)18-23-10-8-7-9-11-23)19-27(21)28-22(2)30(3,4)20-31(5,6)29(28)32/h7-17,19,32H,2,18,20H2,1,3-6H3. The van der Waals surface area contributed by atoms with Crippen LogP contribution < -0.4 is 0 Å². The average Bonchev–Trinajstić information content (AvgIpc) is 2.75. The molecule has 0 atom stereocenters. The minimum atomic E-state index is -0.276. The molecular weight excluding hydrogens is 388 g/mol. The number of rotatable bonds is 4. The highest BCUT2D eigenvalue weighted by atomic mass is 16.3. The van der Waals surface area contributed by atoms with E-state index in [2.05, 4.69) is 114 Å². The van der Waals surface area contributed by atoms with Crippen LogP contribution >= 0.6 is 0 Å². The Morgan fingerprint density at radius 3 is 2.03 bits per heavy atom. The number of aliphatic hydroxyl groups excluding tert-OH is 1. The molecule has 0 radical (unpaired) electrons. The average molecular weight is 423 g/mol. The van der Waals surface area contributed by atoms with E-state index < -0.39 is 0 Å². The number of hydrogen-bond acceptors (Lipinski definition) is 1. The van der Waals surface area contributed by atoms with Crippen LogP contribution in [-0.2, 0) is 6.42 Å². The summed E-state index contributed by atoms with van der Waals surface area (Å²) in [6, 6.07) is 25.9. The van der Waals surface area contributed by atoms with Crippen molar-refractivity contribution in [3.8, 4) is 11.1 Å². The van der Waals surface area contributed by atoms with Crippen LogP contribution in [0.5, 0.6) is 0 Å². The van der Waals surface area contributed by atoms with Gasteiger partial charge < -0.3 is 5.11 Å². The van der Waals surface area contributed by atoms with Gasteiger partial charge in [-0.3, -0.25) is 0 Å². The van der Waals surface area contributed by atoms with E-state index in [-0.39, 0.29) is 10.8 Å². The molecule has 0 heterocycles. The first kappa shape index (κ1) is 22.1. The predicted molar refractivity (Wildman–Crippen MR) is 137 cm³/mol. The van der Waals surface area contributed by atoms with Gasteiger partial charge in [0.2, 0.25) is 0 Å². The van der Waals surface area contributed by atoms with Crippen LogP contribution in [-0.4, -0.2) is 5.11 Å². The van der Waals surface area contributed by atoms with Crippen LogP contribution in [0.3, 0.4) is 0 Å². The largest absolute Gasteiger partial charge is 0.511 e. The quantitative estimate of drug-likeness (QED) is 0.446. The van der Waals surface area contributed by atoms with Gasteiger partial charge in [-0.2, -0.15) is 0 Å². The Balaban J connectivity index is 1.71. The summed E-state index contributed by atoms with van der Waals surface area (Å²) in [5, 5.41) is 11.2. The molecule has 32 heavy (non-hydrogen) atoms. The van der Waals surface area contributed by atoms with Crippen molar-refractivity contribution in [2.24, 2.45) is 10.8 Å². The van der Waals surface area contributed by atoms with E-state index in [4.69, 9.17) is 0 Å². The predicted octanol–water partition coefficient (Wildman–Crippen LogP) is 8.53. The molecule has 0 spiro atoms. The third-order valence-corrected chi connectivity index (χ3v) is 6.93. The second-order valence-electron chi connectivity index (χ2n) is 10.5. The van der Waals surface area contributed by atoms with Crippen LogP contribution in [0, 0.1) is 17.8 Å². The molecule has 0 aromatic heterocycles. The van der Waals surface area contributed by atoms with Gasteiger partial charge in [0.15, 0.2) is 0 Å². The van der Waals surface area contributed by atoms with Crippen molar-refractivity contribution in [3.05, 3.63) is 113 Å². The van der Waals surface area contributed by atoms with Gasteiger partial charge in [0.25, 0.3) is 0 Å². The molecule has 164 valence electrons. The van der Waals surface area contributed by atoms with Crippen LogP contribution in [0.1, 0.15) is 56.4 Å². The smallest absolute Gasteiger partial charge is 0.106 e. The summed E-state index contributed by atoms with van der Waals surface area (Å²) in [5.74, 6) is 0.459. The molecule has 0 bridgehead atoms. The van der Waals surface area contributed by atoms with Crippen molar-refractivity contribution in [1.29, 1.82) is 0 Å². The van der Waals surface area contributed by atoms with E-state index in [1.807, 2.05) is 0 Å². The van der Waals surface area contributed by atoms with Gasteiger partial charge in [-0.1, -0.05) is 101 Å². The fourth-order valence-corrected chi connectivity index (χ4v) is 5.12. The van der Waals surface area contributed by atoms with E-state index in [1.165, 1.54) is 16.7 Å². The highest BCUT2D eigenvalue weighted by Crippen LogP contribution is 2.54. The Morgan fingerprint density at radius 1 is 0.781 bits per heavy atom. The second-order valence-corrected chi connectivity index (χ2v) is 10.5. The molecule has 3 aromatic carbocycles. The lowest BCUT2D eigenvalue weighted by atomic mass is 9.62. The maximum Gasteiger partial charge on any atom is 0.106 e. The Hall–Kier alpha value is -3.06. The number of aliphatic hydroxyl groups is 1. The Bertz CT molecular complexity index is 1170. The van der Waals surface area contributed by atoms with Gasteiger partial charge in [-0.05, 0) is 70.2 Å². The zero-order valence-corrected chi connectivity index (χ0v) is 20.0. The Labute approximate surface area is 193 Å². The number of benzene rings is 3. The van der Waals surface area contributed by atoms with Crippen molar-refractivity contribution in [2.45, 2.75) is 47.5 Å². The summed E-state index contributed by atoms with van der Waals surface area (Å²) in [4.78, 5) is 0. The second kappa shape index (κ2) is 8.13. The fourth-order valence-electron chi connectivity index (χ4n) is 5.12. The Morgan fingerprint density at radius 2 is 1.38 bits per heavy atom.